The molecular weight excluding hydrogens is 232 g/mol. The van der Waals surface area contributed by atoms with Crippen molar-refractivity contribution in [1.82, 2.24) is 19.6 Å². The monoisotopic (exact) mass is 236 g/mol. The van der Waals surface area contributed by atoms with Crippen LogP contribution in [-0.2, 0) is 0 Å². The molecule has 6 heteroatoms. The summed E-state index contributed by atoms with van der Waals surface area (Å²) in [6.45, 7) is 0. The molecule has 0 saturated carbocycles. The van der Waals surface area contributed by atoms with E-state index in [1.807, 2.05) is 24.3 Å². The maximum absolute atomic E-state index is 5.99. The van der Waals surface area contributed by atoms with Crippen molar-refractivity contribution in [2.45, 2.75) is 0 Å². The average molecular weight is 237 g/mol. The number of para-hydroxylation sites is 2. The molecular formula is C9H5ClN4S. The third kappa shape index (κ3) is 1.17. The summed E-state index contributed by atoms with van der Waals surface area (Å²) in [6, 6.07) is 7.64. The van der Waals surface area contributed by atoms with Crippen molar-refractivity contribution in [3.05, 3.63) is 34.2 Å². The fourth-order valence-corrected chi connectivity index (χ4v) is 2.01. The molecule has 74 valence electrons. The fraction of sp³-hybridized carbons (Fsp3) is 0. The third-order valence-electron chi connectivity index (χ3n) is 2.20. The molecule has 0 saturated heterocycles. The smallest absolute Gasteiger partial charge is 0.200 e. The Morgan fingerprint density at radius 3 is 3.00 bits per heavy atom. The first kappa shape index (κ1) is 8.82. The lowest BCUT2D eigenvalue weighted by Gasteiger charge is -2.00. The Bertz CT molecular complexity index is 715. The Balaban J connectivity index is 2.74. The quantitative estimate of drug-likeness (QED) is 0.611. The number of aromatic nitrogens is 4. The second-order valence-corrected chi connectivity index (χ2v) is 3.82. The number of hydrogen-bond acceptors (Lipinski definition) is 3. The van der Waals surface area contributed by atoms with Gasteiger partial charge in [0.05, 0.1) is 11.0 Å². The summed E-state index contributed by atoms with van der Waals surface area (Å²) in [5.41, 5.74) is 2.25. The first-order valence-electron chi connectivity index (χ1n) is 4.29. The Hall–Kier alpha value is -1.46. The zero-order valence-electron chi connectivity index (χ0n) is 7.44. The topological polar surface area (TPSA) is 46.0 Å². The minimum atomic E-state index is 0.348. The van der Waals surface area contributed by atoms with Crippen LogP contribution in [0.2, 0.25) is 5.15 Å². The van der Waals surface area contributed by atoms with Crippen LogP contribution >= 0.6 is 23.8 Å². The van der Waals surface area contributed by atoms with Gasteiger partial charge in [0, 0.05) is 0 Å². The third-order valence-corrected chi connectivity index (χ3v) is 2.73. The number of H-pyrrole nitrogens is 1. The van der Waals surface area contributed by atoms with Gasteiger partial charge >= 0.3 is 0 Å². The summed E-state index contributed by atoms with van der Waals surface area (Å²) in [4.78, 5) is 4.23. The molecule has 0 aliphatic heterocycles. The maximum atomic E-state index is 5.99. The molecule has 2 aromatic heterocycles. The zero-order chi connectivity index (χ0) is 10.4. The van der Waals surface area contributed by atoms with Gasteiger partial charge in [-0.1, -0.05) is 23.7 Å². The lowest BCUT2D eigenvalue weighted by molar-refractivity contribution is 1.09. The second kappa shape index (κ2) is 3.01. The molecule has 0 spiro atoms. The van der Waals surface area contributed by atoms with Gasteiger partial charge in [-0.15, -0.1) is 0 Å². The minimum absolute atomic E-state index is 0.348. The molecule has 15 heavy (non-hydrogen) atoms. The summed E-state index contributed by atoms with van der Waals surface area (Å²) < 4.78 is 2.30. The van der Waals surface area contributed by atoms with Gasteiger partial charge in [-0.2, -0.15) is 5.10 Å². The van der Waals surface area contributed by atoms with Crippen molar-refractivity contribution in [2.75, 3.05) is 0 Å². The summed E-state index contributed by atoms with van der Waals surface area (Å²) in [7, 11) is 0. The highest BCUT2D eigenvalue weighted by atomic mass is 35.5. The van der Waals surface area contributed by atoms with Gasteiger partial charge in [0.1, 0.15) is 0 Å². The normalized spacial score (nSPS) is 11.3. The molecule has 0 amide bonds. The number of fused-ring (bicyclic) bond motifs is 3. The van der Waals surface area contributed by atoms with Crippen LogP contribution in [0.4, 0.5) is 0 Å². The van der Waals surface area contributed by atoms with Gasteiger partial charge in [-0.3, -0.25) is 9.50 Å². The predicted molar refractivity (Wildman–Crippen MR) is 60.7 cm³/mol. The molecule has 0 radical (unpaired) electrons. The predicted octanol–water partition coefficient (Wildman–Crippen LogP) is 2.59. The molecule has 0 unspecified atom stereocenters. The van der Waals surface area contributed by atoms with Crippen molar-refractivity contribution in [1.29, 1.82) is 0 Å². The summed E-state index contributed by atoms with van der Waals surface area (Å²) >= 11 is 11.1. The molecule has 0 bridgehead atoms. The number of nitrogens with one attached hydrogen (secondary N) is 1. The van der Waals surface area contributed by atoms with Crippen molar-refractivity contribution in [3.63, 3.8) is 0 Å². The van der Waals surface area contributed by atoms with E-state index < -0.39 is 0 Å². The lowest BCUT2D eigenvalue weighted by atomic mass is 10.3. The number of hydrogen-bond donors (Lipinski definition) is 1. The first-order chi connectivity index (χ1) is 7.27. The van der Waals surface area contributed by atoms with E-state index in [0.29, 0.717) is 15.6 Å². The van der Waals surface area contributed by atoms with E-state index in [2.05, 4.69) is 15.2 Å². The van der Waals surface area contributed by atoms with Crippen LogP contribution < -0.4 is 0 Å². The Morgan fingerprint density at radius 1 is 1.33 bits per heavy atom. The molecule has 0 atom stereocenters. The van der Waals surface area contributed by atoms with E-state index in [1.54, 1.807) is 4.40 Å². The molecule has 4 nitrogen and oxygen atoms in total. The van der Waals surface area contributed by atoms with Crippen LogP contribution in [0.5, 0.6) is 0 Å². The largest absolute Gasteiger partial charge is 0.264 e. The van der Waals surface area contributed by atoms with Crippen molar-refractivity contribution in [3.8, 4) is 0 Å². The number of halogens is 1. The van der Waals surface area contributed by atoms with E-state index in [9.17, 15) is 0 Å². The van der Waals surface area contributed by atoms with Crippen molar-refractivity contribution < 1.29 is 0 Å². The number of rotatable bonds is 0. The highest BCUT2D eigenvalue weighted by Gasteiger charge is 2.08. The van der Waals surface area contributed by atoms with Gasteiger partial charge in [0.15, 0.2) is 15.6 Å². The van der Waals surface area contributed by atoms with Crippen molar-refractivity contribution in [2.24, 2.45) is 0 Å². The molecule has 3 aromatic rings. The van der Waals surface area contributed by atoms with E-state index in [0.717, 1.165) is 11.0 Å². The molecule has 3 rings (SSSR count). The van der Waals surface area contributed by atoms with Crippen molar-refractivity contribution >= 4 is 40.5 Å². The Kier molecular flexibility index (Phi) is 1.77. The van der Waals surface area contributed by atoms with Gasteiger partial charge in [0.2, 0.25) is 0 Å². The summed E-state index contributed by atoms with van der Waals surface area (Å²) in [6.07, 6.45) is 0. The number of aromatic amines is 1. The molecule has 0 aliphatic rings. The van der Waals surface area contributed by atoms with Crippen LogP contribution in [-0.4, -0.2) is 19.6 Å². The molecule has 2 heterocycles. The number of benzene rings is 1. The summed E-state index contributed by atoms with van der Waals surface area (Å²) in [5.74, 6) is 0. The maximum Gasteiger partial charge on any atom is 0.200 e. The van der Waals surface area contributed by atoms with Crippen LogP contribution in [0.3, 0.4) is 0 Å². The molecule has 1 N–H and O–H groups in total. The molecule has 0 aliphatic carbocycles. The Morgan fingerprint density at radius 2 is 2.13 bits per heavy atom. The standard InChI is InChI=1S/C9H5ClN4S/c10-7-8-12-13-9(15)14(8)6-4-2-1-3-5(6)11-7/h1-4H,(H,13,15). The van der Waals surface area contributed by atoms with E-state index >= 15 is 0 Å². The van der Waals surface area contributed by atoms with E-state index in [-0.39, 0.29) is 0 Å². The van der Waals surface area contributed by atoms with Gasteiger partial charge < -0.3 is 0 Å². The SMILES string of the molecule is S=c1[nH]nc2c(Cl)nc3ccccc3n12. The fourth-order valence-electron chi connectivity index (χ4n) is 1.56. The zero-order valence-corrected chi connectivity index (χ0v) is 9.01. The van der Waals surface area contributed by atoms with Gasteiger partial charge in [-0.05, 0) is 24.4 Å². The van der Waals surface area contributed by atoms with Gasteiger partial charge in [-0.25, -0.2) is 4.98 Å². The molecule has 0 fully saturated rings. The van der Waals surface area contributed by atoms with Crippen LogP contribution in [0.25, 0.3) is 16.7 Å². The van der Waals surface area contributed by atoms with Gasteiger partial charge in [0.25, 0.3) is 0 Å². The Labute approximate surface area is 94.5 Å². The highest BCUT2D eigenvalue weighted by Crippen LogP contribution is 2.19. The molecule has 1 aromatic carbocycles. The van der Waals surface area contributed by atoms with Crippen LogP contribution in [0, 0.1) is 4.77 Å². The first-order valence-corrected chi connectivity index (χ1v) is 5.07. The minimum Gasteiger partial charge on any atom is -0.264 e. The average Bonchev–Trinajstić information content (AvgIpc) is 2.62. The van der Waals surface area contributed by atoms with Crippen LogP contribution in [0.15, 0.2) is 24.3 Å². The van der Waals surface area contributed by atoms with E-state index in [1.165, 1.54) is 0 Å². The van der Waals surface area contributed by atoms with E-state index in [4.69, 9.17) is 23.8 Å². The van der Waals surface area contributed by atoms with Crippen LogP contribution in [0.1, 0.15) is 0 Å². The summed E-state index contributed by atoms with van der Waals surface area (Å²) in [5, 5.41) is 7.07. The lowest BCUT2D eigenvalue weighted by Crippen LogP contribution is -1.92. The number of nitrogens with zero attached hydrogens (tertiary/aromatic N) is 3. The highest BCUT2D eigenvalue weighted by molar-refractivity contribution is 7.71. The second-order valence-electron chi connectivity index (χ2n) is 3.08.